The molecule has 0 amide bonds. The van der Waals surface area contributed by atoms with Crippen LogP contribution in [0.4, 0.5) is 10.2 Å². The van der Waals surface area contributed by atoms with Crippen molar-refractivity contribution in [3.8, 4) is 22.9 Å². The standard InChI is InChI=1S/C33H35ClFN5O3/c34-28-14-27-31(30(35)29(28)26-13-23(41)12-19-4-1-2-5-25(19)26)37-33(38-32(27)40-15-20-6-7-21(16-40)36-20)42-11-3-10-39-17-24-9-8-22(39)18-43-24/h1-2,4-5,12-14,20-22,24,36,41H,3,6-11,15-18H2/t20?,21?,22-,24-/m1/s1. The van der Waals surface area contributed by atoms with Crippen molar-refractivity contribution in [3.05, 3.63) is 53.3 Å². The van der Waals surface area contributed by atoms with Gasteiger partial charge in [-0.1, -0.05) is 35.9 Å². The number of piperazine rings is 1. The molecule has 10 heteroatoms. The maximum atomic E-state index is 16.7. The normalized spacial score (nSPS) is 25.2. The summed E-state index contributed by atoms with van der Waals surface area (Å²) < 4.78 is 28.7. The van der Waals surface area contributed by atoms with Crippen molar-refractivity contribution in [2.24, 2.45) is 0 Å². The molecule has 0 saturated carbocycles. The molecule has 0 aliphatic carbocycles. The third-order valence-corrected chi connectivity index (χ3v) is 9.89. The van der Waals surface area contributed by atoms with Crippen molar-refractivity contribution in [2.45, 2.75) is 56.3 Å². The first kappa shape index (κ1) is 27.3. The van der Waals surface area contributed by atoms with E-state index in [4.69, 9.17) is 26.1 Å². The number of halogens is 2. The predicted octanol–water partition coefficient (Wildman–Crippen LogP) is 5.52. The van der Waals surface area contributed by atoms with Crippen LogP contribution in [0.5, 0.6) is 11.8 Å². The number of ether oxygens (including phenoxy) is 2. The van der Waals surface area contributed by atoms with Gasteiger partial charge in [0, 0.05) is 55.3 Å². The summed E-state index contributed by atoms with van der Waals surface area (Å²) in [5.41, 5.74) is 0.894. The van der Waals surface area contributed by atoms with Gasteiger partial charge in [-0.3, -0.25) is 4.90 Å². The molecule has 2 unspecified atom stereocenters. The zero-order chi connectivity index (χ0) is 29.1. The van der Waals surface area contributed by atoms with Crippen molar-refractivity contribution in [3.63, 3.8) is 0 Å². The quantitative estimate of drug-likeness (QED) is 0.267. The van der Waals surface area contributed by atoms with Crippen LogP contribution in [0.15, 0.2) is 42.5 Å². The summed E-state index contributed by atoms with van der Waals surface area (Å²) in [6, 6.07) is 14.0. The van der Waals surface area contributed by atoms with Crippen LogP contribution >= 0.6 is 11.6 Å². The summed E-state index contributed by atoms with van der Waals surface area (Å²) in [5, 5.41) is 16.6. The summed E-state index contributed by atoms with van der Waals surface area (Å²) in [4.78, 5) is 14.2. The SMILES string of the molecule is Oc1cc(-c2c(Cl)cc3c(N4CC5CCC(C4)N5)nc(OCCCN4C[C@H]5CC[C@@H]4CO5)nc3c2F)c2ccccc2c1. The molecule has 0 spiro atoms. The van der Waals surface area contributed by atoms with Gasteiger partial charge >= 0.3 is 6.01 Å². The smallest absolute Gasteiger partial charge is 0.319 e. The summed E-state index contributed by atoms with van der Waals surface area (Å²) >= 11 is 6.87. The number of aromatic nitrogens is 2. The van der Waals surface area contributed by atoms with Gasteiger partial charge in [0.15, 0.2) is 5.82 Å². The molecule has 0 radical (unpaired) electrons. The average molecular weight is 604 g/mol. The highest BCUT2D eigenvalue weighted by Crippen LogP contribution is 2.43. The number of phenols is 1. The Morgan fingerprint density at radius 2 is 1.86 bits per heavy atom. The molecule has 2 N–H and O–H groups in total. The fourth-order valence-corrected chi connectivity index (χ4v) is 7.82. The second-order valence-corrected chi connectivity index (χ2v) is 12.8. The van der Waals surface area contributed by atoms with Crippen molar-refractivity contribution in [2.75, 3.05) is 44.3 Å². The van der Waals surface area contributed by atoms with Gasteiger partial charge in [0.1, 0.15) is 17.1 Å². The van der Waals surface area contributed by atoms with Crippen LogP contribution in [0.1, 0.15) is 32.1 Å². The molecule has 9 rings (SSSR count). The number of hydrogen-bond donors (Lipinski definition) is 2. The lowest BCUT2D eigenvalue weighted by Crippen LogP contribution is -2.54. The predicted molar refractivity (Wildman–Crippen MR) is 166 cm³/mol. The van der Waals surface area contributed by atoms with E-state index in [9.17, 15) is 5.11 Å². The van der Waals surface area contributed by atoms with E-state index in [1.807, 2.05) is 24.3 Å². The lowest BCUT2D eigenvalue weighted by Gasteiger charge is -2.45. The zero-order valence-corrected chi connectivity index (χ0v) is 24.7. The van der Waals surface area contributed by atoms with E-state index in [1.54, 1.807) is 18.2 Å². The molecule has 4 atom stereocenters. The number of aromatic hydroxyl groups is 1. The summed E-state index contributed by atoms with van der Waals surface area (Å²) in [5.74, 6) is 0.146. The minimum Gasteiger partial charge on any atom is -0.508 e. The Kier molecular flexibility index (Phi) is 7.01. The van der Waals surface area contributed by atoms with Gasteiger partial charge in [0.05, 0.1) is 24.3 Å². The highest BCUT2D eigenvalue weighted by Gasteiger charge is 2.35. The van der Waals surface area contributed by atoms with E-state index >= 15 is 4.39 Å². The topological polar surface area (TPSA) is 83.0 Å². The molecule has 8 nitrogen and oxygen atoms in total. The van der Waals surface area contributed by atoms with E-state index < -0.39 is 5.82 Å². The van der Waals surface area contributed by atoms with Gasteiger partial charge in [-0.15, -0.1) is 0 Å². The first-order valence-corrected chi connectivity index (χ1v) is 15.8. The summed E-state index contributed by atoms with van der Waals surface area (Å²) in [7, 11) is 0. The summed E-state index contributed by atoms with van der Waals surface area (Å²) in [6.07, 6.45) is 5.73. The Hall–Kier alpha value is -3.24. The molecule has 5 aliphatic rings. The van der Waals surface area contributed by atoms with Crippen LogP contribution in [0, 0.1) is 5.82 Å². The number of fused-ring (bicyclic) bond motifs is 7. The lowest BCUT2D eigenvalue weighted by atomic mass is 9.96. The third-order valence-electron chi connectivity index (χ3n) is 9.60. The fourth-order valence-electron chi connectivity index (χ4n) is 7.52. The van der Waals surface area contributed by atoms with Gasteiger partial charge in [-0.25, -0.2) is 4.39 Å². The highest BCUT2D eigenvalue weighted by molar-refractivity contribution is 6.35. The molecule has 5 aliphatic heterocycles. The van der Waals surface area contributed by atoms with Crippen molar-refractivity contribution in [1.82, 2.24) is 20.2 Å². The van der Waals surface area contributed by atoms with E-state index in [0.717, 1.165) is 69.2 Å². The van der Waals surface area contributed by atoms with E-state index in [1.165, 1.54) is 6.42 Å². The Labute approximate surface area is 254 Å². The number of rotatable bonds is 7. The molecule has 43 heavy (non-hydrogen) atoms. The van der Waals surface area contributed by atoms with Gasteiger partial charge in [0.25, 0.3) is 0 Å². The Morgan fingerprint density at radius 3 is 2.63 bits per heavy atom. The zero-order valence-electron chi connectivity index (χ0n) is 23.9. The highest BCUT2D eigenvalue weighted by atomic mass is 35.5. The monoisotopic (exact) mass is 603 g/mol. The van der Waals surface area contributed by atoms with Crippen molar-refractivity contribution >= 4 is 39.1 Å². The number of morpholine rings is 1. The molecule has 3 aromatic carbocycles. The molecular weight excluding hydrogens is 569 g/mol. The van der Waals surface area contributed by atoms with Gasteiger partial charge in [-0.2, -0.15) is 9.97 Å². The van der Waals surface area contributed by atoms with Crippen LogP contribution < -0.4 is 15.0 Å². The number of anilines is 1. The number of hydrogen-bond acceptors (Lipinski definition) is 8. The molecule has 1 aromatic heterocycles. The number of nitrogens with zero attached hydrogens (tertiary/aromatic N) is 4. The maximum Gasteiger partial charge on any atom is 0.319 e. The maximum absolute atomic E-state index is 16.7. The Balaban J connectivity index is 1.16. The number of nitrogens with one attached hydrogen (secondary N) is 1. The van der Waals surface area contributed by atoms with E-state index in [0.29, 0.717) is 47.6 Å². The van der Waals surface area contributed by atoms with Crippen molar-refractivity contribution < 1.29 is 19.0 Å². The second kappa shape index (κ2) is 11.0. The first-order valence-electron chi connectivity index (χ1n) is 15.4. The van der Waals surface area contributed by atoms with Gasteiger partial charge in [-0.05, 0) is 66.6 Å². The minimum absolute atomic E-state index is 0.0430. The molecule has 5 fully saturated rings. The largest absolute Gasteiger partial charge is 0.508 e. The molecular formula is C33H35ClFN5O3. The van der Waals surface area contributed by atoms with E-state index in [2.05, 4.69) is 20.1 Å². The fraction of sp³-hybridized carbons (Fsp3) is 0.455. The molecule has 4 aromatic rings. The van der Waals surface area contributed by atoms with Gasteiger partial charge in [0.2, 0.25) is 0 Å². The molecule has 6 heterocycles. The summed E-state index contributed by atoms with van der Waals surface area (Å²) in [6.45, 7) is 4.70. The number of phenolic OH excluding ortho intramolecular Hbond substituents is 1. The van der Waals surface area contributed by atoms with Crippen LogP contribution in [-0.2, 0) is 4.74 Å². The minimum atomic E-state index is -0.547. The second-order valence-electron chi connectivity index (χ2n) is 12.4. The lowest BCUT2D eigenvalue weighted by molar-refractivity contribution is -0.106. The molecule has 5 saturated heterocycles. The molecule has 4 bridgehead atoms. The van der Waals surface area contributed by atoms with Gasteiger partial charge < -0.3 is 24.8 Å². The Morgan fingerprint density at radius 1 is 1.02 bits per heavy atom. The number of benzene rings is 3. The van der Waals surface area contributed by atoms with Crippen LogP contribution in [0.3, 0.4) is 0 Å². The third kappa shape index (κ3) is 5.06. The van der Waals surface area contributed by atoms with E-state index in [-0.39, 0.29) is 27.9 Å². The van der Waals surface area contributed by atoms with Crippen LogP contribution in [0.2, 0.25) is 5.02 Å². The first-order chi connectivity index (χ1) is 21.0. The van der Waals surface area contributed by atoms with Crippen LogP contribution in [-0.4, -0.2) is 83.6 Å². The molecule has 224 valence electrons. The average Bonchev–Trinajstić information content (AvgIpc) is 3.36. The van der Waals surface area contributed by atoms with Crippen LogP contribution in [0.25, 0.3) is 32.8 Å². The Bertz CT molecular complexity index is 1690. The van der Waals surface area contributed by atoms with Crippen molar-refractivity contribution in [1.29, 1.82) is 0 Å². The number of piperidine rings is 1.